The van der Waals surface area contributed by atoms with E-state index in [0.717, 1.165) is 0 Å². The van der Waals surface area contributed by atoms with Crippen molar-refractivity contribution in [2.24, 2.45) is 0 Å². The molecule has 0 aliphatic rings. The number of hydrogen-bond acceptors (Lipinski definition) is 3. The van der Waals surface area contributed by atoms with Gasteiger partial charge in [-0.05, 0) is 12.8 Å². The van der Waals surface area contributed by atoms with Crippen molar-refractivity contribution in [3.05, 3.63) is 25.3 Å². The summed E-state index contributed by atoms with van der Waals surface area (Å²) in [5.41, 5.74) is -0.0169. The van der Waals surface area contributed by atoms with Crippen molar-refractivity contribution < 1.29 is 9.53 Å². The quantitative estimate of drug-likeness (QED) is 0.372. The van der Waals surface area contributed by atoms with Crippen LogP contribution in [0.3, 0.4) is 0 Å². The zero-order chi connectivity index (χ0) is 9.40. The fraction of sp³-hybridized carbons (Fsp3) is 0.333. The second-order valence-corrected chi connectivity index (χ2v) is 2.19. The number of ether oxygens (including phenoxy) is 1. The Bertz CT molecular complexity index is 175. The summed E-state index contributed by atoms with van der Waals surface area (Å²) in [5.74, 6) is -0.572. The lowest BCUT2D eigenvalue weighted by Gasteiger charge is -2.01. The van der Waals surface area contributed by atoms with E-state index < -0.39 is 5.97 Å². The Hall–Kier alpha value is -1.38. The molecule has 3 nitrogen and oxygen atoms in total. The maximum atomic E-state index is 10.9. The van der Waals surface area contributed by atoms with Gasteiger partial charge in [0.1, 0.15) is 12.3 Å². The SMILES string of the molecule is C=CCCC(=N)C(=O)OCC=C. The minimum atomic E-state index is -0.572. The summed E-state index contributed by atoms with van der Waals surface area (Å²) in [6, 6.07) is 0. The molecule has 0 fully saturated rings. The number of hydrogen-bond donors (Lipinski definition) is 1. The lowest BCUT2D eigenvalue weighted by Crippen LogP contribution is -2.16. The number of carbonyl (C=O) groups excluding carboxylic acids is 1. The Labute approximate surface area is 72.2 Å². The zero-order valence-electron chi connectivity index (χ0n) is 7.01. The van der Waals surface area contributed by atoms with Gasteiger partial charge in [-0.15, -0.1) is 6.58 Å². The topological polar surface area (TPSA) is 50.2 Å². The van der Waals surface area contributed by atoms with Crippen molar-refractivity contribution in [1.29, 1.82) is 5.41 Å². The molecule has 0 rings (SSSR count). The lowest BCUT2D eigenvalue weighted by molar-refractivity contribution is -0.134. The molecule has 12 heavy (non-hydrogen) atoms. The summed E-state index contributed by atoms with van der Waals surface area (Å²) in [4.78, 5) is 10.9. The smallest absolute Gasteiger partial charge is 0.352 e. The van der Waals surface area contributed by atoms with Crippen molar-refractivity contribution in [1.82, 2.24) is 0 Å². The zero-order valence-corrected chi connectivity index (χ0v) is 7.01. The fourth-order valence-electron chi connectivity index (χ4n) is 0.570. The molecular weight excluding hydrogens is 154 g/mol. The van der Waals surface area contributed by atoms with Crippen LogP contribution >= 0.6 is 0 Å². The summed E-state index contributed by atoms with van der Waals surface area (Å²) >= 11 is 0. The van der Waals surface area contributed by atoms with Crippen LogP contribution in [0.25, 0.3) is 0 Å². The van der Waals surface area contributed by atoms with Crippen molar-refractivity contribution in [3.8, 4) is 0 Å². The van der Waals surface area contributed by atoms with Crippen LogP contribution in [0.15, 0.2) is 25.3 Å². The molecule has 0 atom stereocenters. The third kappa shape index (κ3) is 4.44. The van der Waals surface area contributed by atoms with E-state index in [4.69, 9.17) is 5.41 Å². The summed E-state index contributed by atoms with van der Waals surface area (Å²) in [7, 11) is 0. The standard InChI is InChI=1S/C9H13NO2/c1-3-5-6-8(10)9(11)12-7-4-2/h3-4,10H,1-2,5-7H2. The number of esters is 1. The predicted molar refractivity (Wildman–Crippen MR) is 48.3 cm³/mol. The van der Waals surface area contributed by atoms with E-state index in [2.05, 4.69) is 17.9 Å². The van der Waals surface area contributed by atoms with Gasteiger partial charge in [0.25, 0.3) is 0 Å². The first-order chi connectivity index (χ1) is 5.72. The van der Waals surface area contributed by atoms with Crippen LogP contribution < -0.4 is 0 Å². The van der Waals surface area contributed by atoms with Gasteiger partial charge in [0.05, 0.1) is 0 Å². The van der Waals surface area contributed by atoms with Gasteiger partial charge in [0, 0.05) is 0 Å². The molecule has 0 aromatic rings. The second-order valence-electron chi connectivity index (χ2n) is 2.19. The Kier molecular flexibility index (Phi) is 5.61. The largest absolute Gasteiger partial charge is 0.457 e. The van der Waals surface area contributed by atoms with Crippen LogP contribution in [0.2, 0.25) is 0 Å². The molecule has 0 saturated heterocycles. The van der Waals surface area contributed by atoms with E-state index in [9.17, 15) is 4.79 Å². The van der Waals surface area contributed by atoms with E-state index in [-0.39, 0.29) is 12.3 Å². The highest BCUT2D eigenvalue weighted by Crippen LogP contribution is 1.94. The van der Waals surface area contributed by atoms with Crippen molar-refractivity contribution in [3.63, 3.8) is 0 Å². The van der Waals surface area contributed by atoms with E-state index in [1.54, 1.807) is 6.08 Å². The molecule has 0 aliphatic heterocycles. The number of nitrogens with one attached hydrogen (secondary N) is 1. The van der Waals surface area contributed by atoms with Gasteiger partial charge in [-0.3, -0.25) is 5.41 Å². The molecule has 1 N–H and O–H groups in total. The van der Waals surface area contributed by atoms with E-state index in [1.165, 1.54) is 6.08 Å². The first-order valence-corrected chi connectivity index (χ1v) is 3.68. The van der Waals surface area contributed by atoms with Crippen LogP contribution in [-0.4, -0.2) is 18.3 Å². The van der Waals surface area contributed by atoms with Crippen LogP contribution in [-0.2, 0) is 9.53 Å². The van der Waals surface area contributed by atoms with Crippen molar-refractivity contribution in [2.45, 2.75) is 12.8 Å². The first kappa shape index (κ1) is 10.6. The van der Waals surface area contributed by atoms with Gasteiger partial charge >= 0.3 is 5.97 Å². The van der Waals surface area contributed by atoms with Gasteiger partial charge in [0.2, 0.25) is 0 Å². The molecule has 0 radical (unpaired) electrons. The minimum Gasteiger partial charge on any atom is -0.457 e. The Balaban J connectivity index is 3.68. The molecule has 0 aliphatic carbocycles. The Morgan fingerprint density at radius 2 is 2.08 bits per heavy atom. The minimum absolute atomic E-state index is 0.0169. The van der Waals surface area contributed by atoms with E-state index in [1.807, 2.05) is 0 Å². The highest BCUT2D eigenvalue weighted by Gasteiger charge is 2.07. The molecule has 0 spiro atoms. The predicted octanol–water partition coefficient (Wildman–Crippen LogP) is 1.70. The van der Waals surface area contributed by atoms with Gasteiger partial charge in [-0.2, -0.15) is 0 Å². The summed E-state index contributed by atoms with van der Waals surface area (Å²) in [5, 5.41) is 7.22. The van der Waals surface area contributed by atoms with Gasteiger partial charge < -0.3 is 4.74 Å². The highest BCUT2D eigenvalue weighted by molar-refractivity contribution is 6.35. The van der Waals surface area contributed by atoms with Gasteiger partial charge in [-0.25, -0.2) is 4.79 Å². The average molecular weight is 167 g/mol. The van der Waals surface area contributed by atoms with E-state index >= 15 is 0 Å². The van der Waals surface area contributed by atoms with Crippen molar-refractivity contribution in [2.75, 3.05) is 6.61 Å². The highest BCUT2D eigenvalue weighted by atomic mass is 16.5. The van der Waals surface area contributed by atoms with Crippen molar-refractivity contribution >= 4 is 11.7 Å². The molecule has 0 aromatic carbocycles. The summed E-state index contributed by atoms with van der Waals surface area (Å²) in [6.07, 6.45) is 4.15. The fourth-order valence-corrected chi connectivity index (χ4v) is 0.570. The molecule has 0 unspecified atom stereocenters. The molecular formula is C9H13NO2. The van der Waals surface area contributed by atoms with Crippen LogP contribution in [0, 0.1) is 5.41 Å². The van der Waals surface area contributed by atoms with Crippen LogP contribution in [0.1, 0.15) is 12.8 Å². The normalized spacial score (nSPS) is 8.67. The first-order valence-electron chi connectivity index (χ1n) is 3.68. The Morgan fingerprint density at radius 3 is 2.58 bits per heavy atom. The maximum Gasteiger partial charge on any atom is 0.352 e. The molecule has 3 heteroatoms. The number of allylic oxidation sites excluding steroid dienone is 1. The third-order valence-electron chi connectivity index (χ3n) is 1.18. The van der Waals surface area contributed by atoms with Gasteiger partial charge in [-0.1, -0.05) is 18.7 Å². The molecule has 66 valence electrons. The molecule has 0 bridgehead atoms. The monoisotopic (exact) mass is 167 g/mol. The average Bonchev–Trinajstić information content (AvgIpc) is 2.10. The number of carbonyl (C=O) groups is 1. The Morgan fingerprint density at radius 1 is 1.42 bits per heavy atom. The second kappa shape index (κ2) is 6.34. The molecule has 0 aromatic heterocycles. The van der Waals surface area contributed by atoms with Gasteiger partial charge in [0.15, 0.2) is 0 Å². The summed E-state index contributed by atoms with van der Waals surface area (Å²) < 4.78 is 4.63. The maximum absolute atomic E-state index is 10.9. The van der Waals surface area contributed by atoms with E-state index in [0.29, 0.717) is 12.8 Å². The molecule has 0 saturated carbocycles. The summed E-state index contributed by atoms with van der Waals surface area (Å²) in [6.45, 7) is 7.04. The molecule has 0 amide bonds. The lowest BCUT2D eigenvalue weighted by atomic mass is 10.2. The van der Waals surface area contributed by atoms with Crippen LogP contribution in [0.5, 0.6) is 0 Å². The number of rotatable bonds is 6. The van der Waals surface area contributed by atoms with Crippen LogP contribution in [0.4, 0.5) is 0 Å². The third-order valence-corrected chi connectivity index (χ3v) is 1.18. The molecule has 0 heterocycles.